The molecular weight excluding hydrogens is 296 g/mol. The molecule has 0 bridgehead atoms. The Hall–Kier alpha value is -1.68. The summed E-state index contributed by atoms with van der Waals surface area (Å²) in [6.45, 7) is 5.87. The van der Waals surface area contributed by atoms with Crippen LogP contribution in [0.25, 0.3) is 0 Å². The van der Waals surface area contributed by atoms with Gasteiger partial charge in [-0.2, -0.15) is 0 Å². The first kappa shape index (κ1) is 17.2. The van der Waals surface area contributed by atoms with Gasteiger partial charge in [0.05, 0.1) is 12.7 Å². The Balaban J connectivity index is 1.54. The fourth-order valence-corrected chi connectivity index (χ4v) is 3.21. The number of hydrogen-bond donors (Lipinski definition) is 1. The molecule has 3 heteroatoms. The Labute approximate surface area is 145 Å². The van der Waals surface area contributed by atoms with E-state index in [1.54, 1.807) is 0 Å². The molecule has 128 valence electrons. The molecule has 0 amide bonds. The highest BCUT2D eigenvalue weighted by Gasteiger charge is 2.14. The summed E-state index contributed by atoms with van der Waals surface area (Å²) in [6, 6.07) is 21.4. The molecule has 2 aromatic rings. The predicted molar refractivity (Wildman–Crippen MR) is 98.8 cm³/mol. The van der Waals surface area contributed by atoms with Crippen LogP contribution in [-0.2, 0) is 17.8 Å². The number of nitrogens with zero attached hydrogens (tertiary/aromatic N) is 1. The molecule has 1 fully saturated rings. The minimum absolute atomic E-state index is 0.432. The van der Waals surface area contributed by atoms with E-state index in [-0.39, 0.29) is 0 Å². The quantitative estimate of drug-likeness (QED) is 0.805. The molecular formula is C21H28N2O. The second-order valence-corrected chi connectivity index (χ2v) is 6.50. The molecule has 0 aromatic heterocycles. The zero-order valence-electron chi connectivity index (χ0n) is 14.4. The fraction of sp³-hybridized carbons (Fsp3) is 0.429. The van der Waals surface area contributed by atoms with Crippen molar-refractivity contribution in [3.05, 3.63) is 71.8 Å². The van der Waals surface area contributed by atoms with Gasteiger partial charge in [-0.15, -0.1) is 0 Å². The van der Waals surface area contributed by atoms with Gasteiger partial charge in [-0.1, -0.05) is 60.7 Å². The molecule has 3 nitrogen and oxygen atoms in total. The highest BCUT2D eigenvalue weighted by molar-refractivity contribution is 5.17. The van der Waals surface area contributed by atoms with E-state index in [1.807, 2.05) is 0 Å². The number of piperidine rings is 1. The summed E-state index contributed by atoms with van der Waals surface area (Å²) in [5.74, 6) is 0. The molecule has 0 radical (unpaired) electrons. The first-order valence-electron chi connectivity index (χ1n) is 9.03. The molecule has 3 rings (SSSR count). The van der Waals surface area contributed by atoms with Gasteiger partial charge in [0.1, 0.15) is 0 Å². The predicted octanol–water partition coefficient (Wildman–Crippen LogP) is 3.46. The molecule has 0 saturated carbocycles. The van der Waals surface area contributed by atoms with E-state index in [0.717, 1.165) is 52.2 Å². The van der Waals surface area contributed by atoms with Crippen LogP contribution in [-0.4, -0.2) is 37.2 Å². The van der Waals surface area contributed by atoms with Crippen molar-refractivity contribution in [3.8, 4) is 0 Å². The SMILES string of the molecule is c1ccc(CN(CCOC2CCNCC2)Cc2ccccc2)cc1. The summed E-state index contributed by atoms with van der Waals surface area (Å²) in [4.78, 5) is 2.48. The summed E-state index contributed by atoms with van der Waals surface area (Å²) < 4.78 is 6.11. The largest absolute Gasteiger partial charge is 0.377 e. The van der Waals surface area contributed by atoms with Crippen LogP contribution in [0, 0.1) is 0 Å². The zero-order valence-corrected chi connectivity index (χ0v) is 14.4. The normalized spacial score (nSPS) is 15.7. The van der Waals surface area contributed by atoms with E-state index in [2.05, 4.69) is 70.9 Å². The first-order chi connectivity index (χ1) is 11.9. The molecule has 0 atom stereocenters. The third-order valence-electron chi connectivity index (χ3n) is 4.55. The average Bonchev–Trinajstić information content (AvgIpc) is 2.64. The third kappa shape index (κ3) is 5.75. The number of nitrogens with one attached hydrogen (secondary N) is 1. The lowest BCUT2D eigenvalue weighted by molar-refractivity contribution is 0.0179. The van der Waals surface area contributed by atoms with Crippen molar-refractivity contribution in [3.63, 3.8) is 0 Å². The Morgan fingerprint density at radius 2 is 1.38 bits per heavy atom. The molecule has 2 aromatic carbocycles. The van der Waals surface area contributed by atoms with Crippen molar-refractivity contribution >= 4 is 0 Å². The zero-order chi connectivity index (χ0) is 16.5. The minimum atomic E-state index is 0.432. The van der Waals surface area contributed by atoms with Gasteiger partial charge in [-0.25, -0.2) is 0 Å². The molecule has 1 aliphatic rings. The summed E-state index contributed by atoms with van der Waals surface area (Å²) in [5.41, 5.74) is 2.71. The van der Waals surface area contributed by atoms with Crippen LogP contribution in [0.3, 0.4) is 0 Å². The standard InChI is InChI=1S/C21H28N2O/c1-3-7-19(8-4-1)17-23(18-20-9-5-2-6-10-20)15-16-24-21-11-13-22-14-12-21/h1-10,21-22H,11-18H2. The highest BCUT2D eigenvalue weighted by Crippen LogP contribution is 2.11. The average molecular weight is 324 g/mol. The fourth-order valence-electron chi connectivity index (χ4n) is 3.21. The van der Waals surface area contributed by atoms with Crippen LogP contribution in [0.1, 0.15) is 24.0 Å². The Kier molecular flexibility index (Phi) is 6.84. The Bertz CT molecular complexity index is 525. The lowest BCUT2D eigenvalue weighted by Crippen LogP contribution is -2.34. The van der Waals surface area contributed by atoms with Crippen molar-refractivity contribution in [1.82, 2.24) is 10.2 Å². The summed E-state index contributed by atoms with van der Waals surface area (Å²) in [5, 5.41) is 3.39. The monoisotopic (exact) mass is 324 g/mol. The molecule has 1 heterocycles. The van der Waals surface area contributed by atoms with Crippen molar-refractivity contribution in [1.29, 1.82) is 0 Å². The second kappa shape index (κ2) is 9.58. The summed E-state index contributed by atoms with van der Waals surface area (Å²) >= 11 is 0. The van der Waals surface area contributed by atoms with Crippen LogP contribution in [0.15, 0.2) is 60.7 Å². The van der Waals surface area contributed by atoms with Gasteiger partial charge < -0.3 is 10.1 Å². The topological polar surface area (TPSA) is 24.5 Å². The minimum Gasteiger partial charge on any atom is -0.377 e. The van der Waals surface area contributed by atoms with Crippen LogP contribution in [0.5, 0.6) is 0 Å². The molecule has 0 spiro atoms. The molecule has 1 saturated heterocycles. The van der Waals surface area contributed by atoms with E-state index in [9.17, 15) is 0 Å². The van der Waals surface area contributed by atoms with E-state index in [4.69, 9.17) is 4.74 Å². The van der Waals surface area contributed by atoms with Crippen LogP contribution < -0.4 is 5.32 Å². The molecule has 24 heavy (non-hydrogen) atoms. The second-order valence-electron chi connectivity index (χ2n) is 6.50. The van der Waals surface area contributed by atoms with Crippen LogP contribution in [0.2, 0.25) is 0 Å². The van der Waals surface area contributed by atoms with Gasteiger partial charge >= 0.3 is 0 Å². The number of hydrogen-bond acceptors (Lipinski definition) is 3. The van der Waals surface area contributed by atoms with E-state index in [1.165, 1.54) is 11.1 Å². The van der Waals surface area contributed by atoms with Crippen molar-refractivity contribution in [2.45, 2.75) is 32.0 Å². The third-order valence-corrected chi connectivity index (χ3v) is 4.55. The van der Waals surface area contributed by atoms with Crippen LogP contribution >= 0.6 is 0 Å². The van der Waals surface area contributed by atoms with Gasteiger partial charge in [0.15, 0.2) is 0 Å². The van der Waals surface area contributed by atoms with Gasteiger partial charge in [-0.05, 0) is 37.1 Å². The maximum absolute atomic E-state index is 6.11. The molecule has 0 unspecified atom stereocenters. The van der Waals surface area contributed by atoms with Crippen molar-refractivity contribution in [2.24, 2.45) is 0 Å². The molecule has 0 aliphatic carbocycles. The maximum atomic E-state index is 6.11. The smallest absolute Gasteiger partial charge is 0.0600 e. The number of ether oxygens (including phenoxy) is 1. The first-order valence-corrected chi connectivity index (χ1v) is 9.03. The number of benzene rings is 2. The van der Waals surface area contributed by atoms with Crippen molar-refractivity contribution < 1.29 is 4.74 Å². The maximum Gasteiger partial charge on any atom is 0.0600 e. The van der Waals surface area contributed by atoms with Crippen molar-refractivity contribution in [2.75, 3.05) is 26.2 Å². The highest BCUT2D eigenvalue weighted by atomic mass is 16.5. The summed E-state index contributed by atoms with van der Waals surface area (Å²) in [6.07, 6.45) is 2.70. The van der Waals surface area contributed by atoms with Gasteiger partial charge in [0, 0.05) is 19.6 Å². The van der Waals surface area contributed by atoms with Gasteiger partial charge in [-0.3, -0.25) is 4.90 Å². The Morgan fingerprint density at radius 3 is 1.92 bits per heavy atom. The summed E-state index contributed by atoms with van der Waals surface area (Å²) in [7, 11) is 0. The van der Waals surface area contributed by atoms with E-state index < -0.39 is 0 Å². The van der Waals surface area contributed by atoms with Gasteiger partial charge in [0.25, 0.3) is 0 Å². The molecule has 1 aliphatic heterocycles. The lowest BCUT2D eigenvalue weighted by Gasteiger charge is -2.26. The van der Waals surface area contributed by atoms with Gasteiger partial charge in [0.2, 0.25) is 0 Å². The Morgan fingerprint density at radius 1 is 0.833 bits per heavy atom. The number of rotatable bonds is 8. The van der Waals surface area contributed by atoms with E-state index in [0.29, 0.717) is 6.10 Å². The lowest BCUT2D eigenvalue weighted by atomic mass is 10.1. The van der Waals surface area contributed by atoms with Crippen LogP contribution in [0.4, 0.5) is 0 Å². The molecule has 1 N–H and O–H groups in total. The van der Waals surface area contributed by atoms with E-state index >= 15 is 0 Å².